The fourth-order valence-corrected chi connectivity index (χ4v) is 5.03. The minimum absolute atomic E-state index is 0.150. The van der Waals surface area contributed by atoms with E-state index >= 15 is 0 Å². The fourth-order valence-electron chi connectivity index (χ4n) is 5.03. The number of carbonyl (C=O) groups excluding carboxylic acids is 1. The van der Waals surface area contributed by atoms with Crippen LogP contribution in [0.2, 0.25) is 0 Å². The summed E-state index contributed by atoms with van der Waals surface area (Å²) in [6, 6.07) is 5.42. The molecule has 2 heterocycles. The van der Waals surface area contributed by atoms with Crippen molar-refractivity contribution in [2.24, 2.45) is 0 Å². The van der Waals surface area contributed by atoms with E-state index in [1.54, 1.807) is 13.0 Å². The predicted molar refractivity (Wildman–Crippen MR) is 120 cm³/mol. The van der Waals surface area contributed by atoms with Gasteiger partial charge in [-0.1, -0.05) is 26.5 Å². The molecule has 8 heteroatoms. The Balaban J connectivity index is 1.91. The lowest BCUT2D eigenvalue weighted by Crippen LogP contribution is -2.33. The van der Waals surface area contributed by atoms with Crippen molar-refractivity contribution in [1.82, 2.24) is 4.90 Å². The van der Waals surface area contributed by atoms with E-state index in [9.17, 15) is 22.4 Å². The van der Waals surface area contributed by atoms with E-state index in [1.807, 2.05) is 13.8 Å². The summed E-state index contributed by atoms with van der Waals surface area (Å²) in [4.78, 5) is 14.3. The van der Waals surface area contributed by atoms with Crippen LogP contribution in [-0.2, 0) is 10.9 Å². The molecule has 0 bridgehead atoms. The molecular weight excluding hydrogens is 450 g/mol. The highest BCUT2D eigenvalue weighted by atomic mass is 19.4. The predicted octanol–water partition coefficient (Wildman–Crippen LogP) is 7.24. The summed E-state index contributed by atoms with van der Waals surface area (Å²) >= 11 is 0. The molecule has 182 valence electrons. The van der Waals surface area contributed by atoms with Gasteiger partial charge in [-0.2, -0.15) is 13.2 Å². The highest BCUT2D eigenvalue weighted by Crippen LogP contribution is 2.48. The summed E-state index contributed by atoms with van der Waals surface area (Å²) in [6.45, 7) is 9.33. The Kier molecular flexibility index (Phi) is 6.12. The van der Waals surface area contributed by atoms with Crippen LogP contribution in [0.15, 0.2) is 42.5 Å². The van der Waals surface area contributed by atoms with Gasteiger partial charge in [0.05, 0.1) is 24.8 Å². The topological polar surface area (TPSA) is 38.8 Å². The van der Waals surface area contributed by atoms with Crippen LogP contribution >= 0.6 is 0 Å². The number of methoxy groups -OCH3 is 1. The van der Waals surface area contributed by atoms with Crippen LogP contribution in [0.1, 0.15) is 62.3 Å². The van der Waals surface area contributed by atoms with Crippen molar-refractivity contribution in [3.8, 4) is 16.9 Å². The maximum atomic E-state index is 14.6. The number of hydrogen-bond acceptors (Lipinski definition) is 3. The summed E-state index contributed by atoms with van der Waals surface area (Å²) in [5.74, 6) is -0.387. The van der Waals surface area contributed by atoms with Crippen molar-refractivity contribution >= 4 is 6.09 Å². The largest absolute Gasteiger partial charge is 0.496 e. The van der Waals surface area contributed by atoms with Gasteiger partial charge < -0.3 is 9.47 Å². The Bertz CT molecular complexity index is 1140. The molecule has 4 nitrogen and oxygen atoms in total. The number of rotatable bonds is 5. The molecule has 3 atom stereocenters. The number of fused-ring (bicyclic) bond motifs is 1. The molecule has 2 aliphatic rings. The van der Waals surface area contributed by atoms with Gasteiger partial charge in [-0.3, -0.25) is 4.90 Å². The van der Waals surface area contributed by atoms with Crippen molar-refractivity contribution in [3.05, 3.63) is 65.0 Å². The number of ether oxygens (including phenoxy) is 2. The van der Waals surface area contributed by atoms with Crippen LogP contribution in [0.25, 0.3) is 11.1 Å². The maximum Gasteiger partial charge on any atom is 0.416 e. The van der Waals surface area contributed by atoms with E-state index in [4.69, 9.17) is 9.47 Å². The lowest BCUT2D eigenvalue weighted by molar-refractivity contribution is -0.137. The summed E-state index contributed by atoms with van der Waals surface area (Å²) in [7, 11) is 1.39. The van der Waals surface area contributed by atoms with Crippen LogP contribution in [0.4, 0.5) is 22.4 Å². The molecule has 4 rings (SSSR count). The van der Waals surface area contributed by atoms with Gasteiger partial charge in [0, 0.05) is 11.6 Å². The SMILES string of the molecule is C=C(C)C1OC(=O)N2C(c3cc(C(F)(F)F)ccc3-c3cc(C(C)C)c(F)cc3OC)CCC12. The van der Waals surface area contributed by atoms with Crippen molar-refractivity contribution in [3.63, 3.8) is 0 Å². The van der Waals surface area contributed by atoms with Crippen LogP contribution in [-0.4, -0.2) is 30.2 Å². The second-order valence-electron chi connectivity index (χ2n) is 9.25. The Morgan fingerprint density at radius 2 is 1.88 bits per heavy atom. The highest BCUT2D eigenvalue weighted by molar-refractivity contribution is 5.78. The molecule has 0 saturated carbocycles. The third-order valence-electron chi connectivity index (χ3n) is 6.67. The first-order valence-corrected chi connectivity index (χ1v) is 11.2. The second kappa shape index (κ2) is 8.64. The van der Waals surface area contributed by atoms with Crippen LogP contribution in [0.3, 0.4) is 0 Å². The fraction of sp³-hybridized carbons (Fsp3) is 0.423. The molecule has 34 heavy (non-hydrogen) atoms. The zero-order valence-corrected chi connectivity index (χ0v) is 19.5. The highest BCUT2D eigenvalue weighted by Gasteiger charge is 2.50. The lowest BCUT2D eigenvalue weighted by atomic mass is 9.89. The van der Waals surface area contributed by atoms with E-state index in [-0.39, 0.29) is 17.7 Å². The minimum atomic E-state index is -4.56. The third-order valence-corrected chi connectivity index (χ3v) is 6.67. The van der Waals surface area contributed by atoms with Gasteiger partial charge in [-0.25, -0.2) is 9.18 Å². The Morgan fingerprint density at radius 3 is 2.47 bits per heavy atom. The molecule has 1 amide bonds. The Labute approximate surface area is 196 Å². The van der Waals surface area contributed by atoms with E-state index in [0.717, 1.165) is 12.1 Å². The zero-order chi connectivity index (χ0) is 24.9. The third kappa shape index (κ3) is 4.03. The molecule has 2 saturated heterocycles. The monoisotopic (exact) mass is 477 g/mol. The molecule has 0 spiro atoms. The number of cyclic esters (lactones) is 1. The lowest BCUT2D eigenvalue weighted by Gasteiger charge is -2.26. The normalized spacial score (nSPS) is 22.2. The van der Waals surface area contributed by atoms with Gasteiger partial charge in [0.25, 0.3) is 0 Å². The average molecular weight is 477 g/mol. The summed E-state index contributed by atoms with van der Waals surface area (Å²) in [5.41, 5.74) is 1.56. The van der Waals surface area contributed by atoms with Gasteiger partial charge in [0.2, 0.25) is 0 Å². The van der Waals surface area contributed by atoms with E-state index < -0.39 is 35.8 Å². The number of hydrogen-bond donors (Lipinski definition) is 0. The molecule has 2 aromatic rings. The van der Waals surface area contributed by atoms with E-state index in [2.05, 4.69) is 6.58 Å². The number of alkyl halides is 3. The van der Waals surface area contributed by atoms with E-state index in [0.29, 0.717) is 40.7 Å². The van der Waals surface area contributed by atoms with Gasteiger partial charge in [0.1, 0.15) is 17.7 Å². The minimum Gasteiger partial charge on any atom is -0.496 e. The molecule has 2 aromatic carbocycles. The standard InChI is InChI=1S/C26H27F4NO3/c1-13(2)17-11-19(23(33-5)12-20(17)27)16-7-6-15(26(28,29)30)10-18(16)21-8-9-22-24(14(3)4)34-25(32)31(21)22/h6-7,10-13,21-22,24H,3,8-9H2,1-2,4-5H3. The average Bonchev–Trinajstić information content (AvgIpc) is 3.33. The van der Waals surface area contributed by atoms with Crippen LogP contribution in [0.5, 0.6) is 5.75 Å². The second-order valence-corrected chi connectivity index (χ2v) is 9.25. The number of amides is 1. The summed E-state index contributed by atoms with van der Waals surface area (Å²) < 4.78 is 66.6. The van der Waals surface area contributed by atoms with Gasteiger partial charge >= 0.3 is 12.3 Å². The first-order chi connectivity index (χ1) is 15.9. The van der Waals surface area contributed by atoms with Crippen molar-refractivity contribution in [1.29, 1.82) is 0 Å². The molecule has 0 radical (unpaired) electrons. The summed E-state index contributed by atoms with van der Waals surface area (Å²) in [5, 5.41) is 0. The van der Waals surface area contributed by atoms with E-state index in [1.165, 1.54) is 24.1 Å². The first kappa shape index (κ1) is 24.1. The van der Waals surface area contributed by atoms with Gasteiger partial charge in [0.15, 0.2) is 0 Å². The van der Waals surface area contributed by atoms with Gasteiger partial charge in [-0.15, -0.1) is 0 Å². The molecular formula is C26H27F4NO3. The van der Waals surface area contributed by atoms with Crippen LogP contribution < -0.4 is 4.74 Å². The van der Waals surface area contributed by atoms with Crippen molar-refractivity contribution in [2.45, 2.75) is 63.9 Å². The maximum absolute atomic E-state index is 14.6. The Morgan fingerprint density at radius 1 is 1.18 bits per heavy atom. The van der Waals surface area contributed by atoms with Crippen LogP contribution in [0, 0.1) is 5.82 Å². The molecule has 0 N–H and O–H groups in total. The molecule has 0 aromatic heterocycles. The molecule has 0 aliphatic carbocycles. The van der Waals surface area contributed by atoms with Crippen molar-refractivity contribution in [2.75, 3.05) is 7.11 Å². The Hall–Kier alpha value is -3.03. The number of benzene rings is 2. The molecule has 2 aliphatic heterocycles. The zero-order valence-electron chi connectivity index (χ0n) is 19.5. The molecule has 2 fully saturated rings. The quantitative estimate of drug-likeness (QED) is 0.336. The smallest absolute Gasteiger partial charge is 0.416 e. The molecule has 3 unspecified atom stereocenters. The number of nitrogens with zero attached hydrogens (tertiary/aromatic N) is 1. The van der Waals surface area contributed by atoms with Crippen molar-refractivity contribution < 1.29 is 31.8 Å². The van der Waals surface area contributed by atoms with Gasteiger partial charge in [-0.05, 0) is 66.1 Å². The first-order valence-electron chi connectivity index (χ1n) is 11.2. The number of carbonyl (C=O) groups is 1. The summed E-state index contributed by atoms with van der Waals surface area (Å²) in [6.07, 6.45) is -4.59. The number of halogens is 4.